The SMILES string of the molecule is O=C(NCCc1cccc(F)c1)c1ccc(NS(=O)(=O)c2ccc(F)c(F)c2)cc1. The molecule has 0 atom stereocenters. The molecular weight excluding hydrogens is 417 g/mol. The lowest BCUT2D eigenvalue weighted by atomic mass is 10.1. The summed E-state index contributed by atoms with van der Waals surface area (Å²) >= 11 is 0. The molecular formula is C21H17F3N2O3S. The van der Waals surface area contributed by atoms with Crippen molar-refractivity contribution >= 4 is 21.6 Å². The van der Waals surface area contributed by atoms with Crippen molar-refractivity contribution in [1.29, 1.82) is 0 Å². The number of rotatable bonds is 7. The maximum Gasteiger partial charge on any atom is 0.261 e. The number of hydrogen-bond donors (Lipinski definition) is 2. The summed E-state index contributed by atoms with van der Waals surface area (Å²) in [6.07, 6.45) is 0.454. The van der Waals surface area contributed by atoms with E-state index >= 15 is 0 Å². The second-order valence-corrected chi connectivity index (χ2v) is 8.08. The van der Waals surface area contributed by atoms with Crippen LogP contribution in [-0.4, -0.2) is 20.9 Å². The molecule has 1 amide bonds. The lowest BCUT2D eigenvalue weighted by Gasteiger charge is -2.10. The summed E-state index contributed by atoms with van der Waals surface area (Å²) in [4.78, 5) is 11.8. The molecule has 3 rings (SSSR count). The molecule has 3 aromatic rings. The molecule has 30 heavy (non-hydrogen) atoms. The third-order valence-corrected chi connectivity index (χ3v) is 5.57. The predicted octanol–water partition coefficient (Wildman–Crippen LogP) is 3.88. The van der Waals surface area contributed by atoms with Crippen LogP contribution >= 0.6 is 0 Å². The van der Waals surface area contributed by atoms with E-state index in [1.807, 2.05) is 0 Å². The average Bonchev–Trinajstić information content (AvgIpc) is 2.70. The van der Waals surface area contributed by atoms with Gasteiger partial charge in [-0.2, -0.15) is 0 Å². The van der Waals surface area contributed by atoms with E-state index in [9.17, 15) is 26.4 Å². The standard InChI is InChI=1S/C21H17F3N2O3S/c22-16-3-1-2-14(12-16)10-11-25-21(27)15-4-6-17(7-5-15)26-30(28,29)18-8-9-19(23)20(24)13-18/h1-9,12-13,26H,10-11H2,(H,25,27). The van der Waals surface area contributed by atoms with Crippen LogP contribution in [0.2, 0.25) is 0 Å². The van der Waals surface area contributed by atoms with Gasteiger partial charge < -0.3 is 5.32 Å². The molecule has 3 aromatic carbocycles. The summed E-state index contributed by atoms with van der Waals surface area (Å²) < 4.78 is 66.2. The van der Waals surface area contributed by atoms with E-state index in [1.165, 1.54) is 36.4 Å². The van der Waals surface area contributed by atoms with Gasteiger partial charge in [-0.15, -0.1) is 0 Å². The Morgan fingerprint density at radius 3 is 2.27 bits per heavy atom. The summed E-state index contributed by atoms with van der Waals surface area (Å²) in [5.41, 5.74) is 1.19. The van der Waals surface area contributed by atoms with Crippen molar-refractivity contribution in [2.45, 2.75) is 11.3 Å². The second kappa shape index (κ2) is 9.00. The van der Waals surface area contributed by atoms with Crippen molar-refractivity contribution in [1.82, 2.24) is 5.32 Å². The zero-order valence-electron chi connectivity index (χ0n) is 15.5. The number of nitrogens with one attached hydrogen (secondary N) is 2. The molecule has 156 valence electrons. The van der Waals surface area contributed by atoms with E-state index in [4.69, 9.17) is 0 Å². The molecule has 0 bridgehead atoms. The second-order valence-electron chi connectivity index (χ2n) is 6.39. The molecule has 0 aliphatic rings. The van der Waals surface area contributed by atoms with Gasteiger partial charge in [0.25, 0.3) is 15.9 Å². The van der Waals surface area contributed by atoms with Crippen molar-refractivity contribution in [3.8, 4) is 0 Å². The molecule has 5 nitrogen and oxygen atoms in total. The maximum atomic E-state index is 13.3. The largest absolute Gasteiger partial charge is 0.352 e. The summed E-state index contributed by atoms with van der Waals surface area (Å²) in [6.45, 7) is 0.298. The topological polar surface area (TPSA) is 75.3 Å². The van der Waals surface area contributed by atoms with Crippen molar-refractivity contribution in [3.05, 3.63) is 95.3 Å². The maximum absolute atomic E-state index is 13.3. The van der Waals surface area contributed by atoms with E-state index in [0.717, 1.165) is 17.7 Å². The zero-order valence-corrected chi connectivity index (χ0v) is 16.3. The first kappa shape index (κ1) is 21.4. The van der Waals surface area contributed by atoms with Gasteiger partial charge in [0.2, 0.25) is 0 Å². The van der Waals surface area contributed by atoms with E-state index < -0.39 is 26.6 Å². The third-order valence-electron chi connectivity index (χ3n) is 4.19. The highest BCUT2D eigenvalue weighted by molar-refractivity contribution is 7.92. The highest BCUT2D eigenvalue weighted by Gasteiger charge is 2.17. The smallest absolute Gasteiger partial charge is 0.261 e. The summed E-state index contributed by atoms with van der Waals surface area (Å²) in [7, 11) is -4.12. The quantitative estimate of drug-likeness (QED) is 0.593. The first-order valence-corrected chi connectivity index (χ1v) is 10.3. The third kappa shape index (κ3) is 5.38. The Morgan fingerprint density at radius 2 is 1.60 bits per heavy atom. The van der Waals surface area contributed by atoms with Gasteiger partial charge in [-0.3, -0.25) is 9.52 Å². The Labute approximate surface area is 171 Å². The van der Waals surface area contributed by atoms with Gasteiger partial charge in [0.15, 0.2) is 11.6 Å². The monoisotopic (exact) mass is 434 g/mol. The molecule has 9 heteroatoms. The number of hydrogen-bond acceptors (Lipinski definition) is 3. The number of carbonyl (C=O) groups is 1. The Balaban J connectivity index is 1.59. The number of amides is 1. The number of anilines is 1. The molecule has 0 aromatic heterocycles. The first-order chi connectivity index (χ1) is 14.2. The zero-order chi connectivity index (χ0) is 21.7. The summed E-state index contributed by atoms with van der Waals surface area (Å²) in [5, 5.41) is 2.69. The van der Waals surface area contributed by atoms with Crippen molar-refractivity contribution < 1.29 is 26.4 Å². The van der Waals surface area contributed by atoms with Crippen LogP contribution in [0.4, 0.5) is 18.9 Å². The molecule has 0 aliphatic heterocycles. The Hall–Kier alpha value is -3.33. The highest BCUT2D eigenvalue weighted by atomic mass is 32.2. The molecule has 0 radical (unpaired) electrons. The molecule has 0 saturated carbocycles. The predicted molar refractivity (Wildman–Crippen MR) is 106 cm³/mol. The van der Waals surface area contributed by atoms with Gasteiger partial charge >= 0.3 is 0 Å². The molecule has 0 saturated heterocycles. The molecule has 0 spiro atoms. The molecule has 0 unspecified atom stereocenters. The number of benzene rings is 3. The van der Waals surface area contributed by atoms with E-state index in [1.54, 1.807) is 12.1 Å². The van der Waals surface area contributed by atoms with Crippen molar-refractivity contribution in [2.75, 3.05) is 11.3 Å². The van der Waals surface area contributed by atoms with Crippen LogP contribution in [0.15, 0.2) is 71.6 Å². The van der Waals surface area contributed by atoms with Gasteiger partial charge in [-0.05, 0) is 66.6 Å². The molecule has 0 heterocycles. The van der Waals surface area contributed by atoms with E-state index in [0.29, 0.717) is 24.6 Å². The van der Waals surface area contributed by atoms with Crippen LogP contribution in [0.5, 0.6) is 0 Å². The first-order valence-electron chi connectivity index (χ1n) is 8.85. The minimum atomic E-state index is -4.12. The van der Waals surface area contributed by atoms with Crippen LogP contribution < -0.4 is 10.0 Å². The van der Waals surface area contributed by atoms with Crippen LogP contribution in [0.25, 0.3) is 0 Å². The Kier molecular flexibility index (Phi) is 6.41. The fourth-order valence-corrected chi connectivity index (χ4v) is 3.73. The van der Waals surface area contributed by atoms with Gasteiger partial charge in [-0.25, -0.2) is 21.6 Å². The fraction of sp³-hybridized carbons (Fsp3) is 0.0952. The molecule has 0 fully saturated rings. The van der Waals surface area contributed by atoms with Crippen LogP contribution in [0.1, 0.15) is 15.9 Å². The number of sulfonamides is 1. The normalized spacial score (nSPS) is 11.2. The van der Waals surface area contributed by atoms with Gasteiger partial charge in [0.05, 0.1) is 4.90 Å². The lowest BCUT2D eigenvalue weighted by Crippen LogP contribution is -2.25. The van der Waals surface area contributed by atoms with Crippen LogP contribution in [0.3, 0.4) is 0 Å². The number of halogens is 3. The number of carbonyl (C=O) groups excluding carboxylic acids is 1. The highest BCUT2D eigenvalue weighted by Crippen LogP contribution is 2.19. The van der Waals surface area contributed by atoms with Gasteiger partial charge in [0.1, 0.15) is 5.82 Å². The summed E-state index contributed by atoms with van der Waals surface area (Å²) in [6, 6.07) is 13.9. The summed E-state index contributed by atoms with van der Waals surface area (Å²) in [5.74, 6) is -3.15. The van der Waals surface area contributed by atoms with Gasteiger partial charge in [0, 0.05) is 17.8 Å². The Morgan fingerprint density at radius 1 is 0.867 bits per heavy atom. The molecule has 2 N–H and O–H groups in total. The van der Waals surface area contributed by atoms with E-state index in [2.05, 4.69) is 10.0 Å². The van der Waals surface area contributed by atoms with Crippen molar-refractivity contribution in [3.63, 3.8) is 0 Å². The fourth-order valence-electron chi connectivity index (χ4n) is 2.66. The van der Waals surface area contributed by atoms with E-state index in [-0.39, 0.29) is 17.4 Å². The average molecular weight is 434 g/mol. The minimum Gasteiger partial charge on any atom is -0.352 e. The van der Waals surface area contributed by atoms with Crippen LogP contribution in [-0.2, 0) is 16.4 Å². The Bertz CT molecular complexity index is 1170. The van der Waals surface area contributed by atoms with Gasteiger partial charge in [-0.1, -0.05) is 12.1 Å². The van der Waals surface area contributed by atoms with Crippen LogP contribution in [0, 0.1) is 17.5 Å². The lowest BCUT2D eigenvalue weighted by molar-refractivity contribution is 0.0954. The minimum absolute atomic E-state index is 0.149. The van der Waals surface area contributed by atoms with Crippen molar-refractivity contribution in [2.24, 2.45) is 0 Å². The molecule has 0 aliphatic carbocycles.